The van der Waals surface area contributed by atoms with Crippen molar-refractivity contribution in [2.75, 3.05) is 13.2 Å². The number of aliphatic hydroxyl groups excluding tert-OH is 8. The zero-order valence-electron chi connectivity index (χ0n) is 12.4. The Balaban J connectivity index is 2.94. The molecule has 1 fully saturated rings. The highest BCUT2D eigenvalue weighted by Gasteiger charge is 2.47. The predicted octanol–water partition coefficient (Wildman–Crippen LogP) is -5.67. The molecule has 0 saturated carbocycles. The van der Waals surface area contributed by atoms with E-state index in [-0.39, 0.29) is 0 Å². The molecular formula is C12H22O12. The Kier molecular flexibility index (Phi) is 7.88. The van der Waals surface area contributed by atoms with E-state index in [1.54, 1.807) is 0 Å². The molecule has 2 unspecified atom stereocenters. The third-order valence-electron chi connectivity index (χ3n) is 3.62. The Morgan fingerprint density at radius 2 is 1.62 bits per heavy atom. The summed E-state index contributed by atoms with van der Waals surface area (Å²) in [6.07, 6.45) is -16.9. The molecular weight excluding hydrogens is 336 g/mol. The van der Waals surface area contributed by atoms with Crippen LogP contribution in [0.1, 0.15) is 0 Å². The lowest BCUT2D eigenvalue weighted by molar-refractivity contribution is -0.326. The highest BCUT2D eigenvalue weighted by molar-refractivity contribution is 5.72. The maximum absolute atomic E-state index is 10.7. The minimum absolute atomic E-state index is 0.766. The van der Waals surface area contributed by atoms with Crippen molar-refractivity contribution < 1.29 is 60.2 Å². The molecule has 0 aromatic carbocycles. The number of ether oxygens (including phenoxy) is 2. The molecule has 0 aromatic rings. The molecule has 1 heterocycles. The fourth-order valence-electron chi connectivity index (χ4n) is 2.16. The van der Waals surface area contributed by atoms with Crippen molar-refractivity contribution in [1.82, 2.24) is 0 Å². The first kappa shape index (κ1) is 21.1. The van der Waals surface area contributed by atoms with Crippen LogP contribution in [-0.4, -0.2) is 120 Å². The summed E-state index contributed by atoms with van der Waals surface area (Å²) in [5.74, 6) is -1.84. The molecule has 12 nitrogen and oxygen atoms in total. The van der Waals surface area contributed by atoms with Crippen LogP contribution in [0.5, 0.6) is 0 Å². The van der Waals surface area contributed by atoms with Gasteiger partial charge < -0.3 is 55.4 Å². The number of carboxylic acid groups (broad SMARTS) is 1. The average molecular weight is 358 g/mol. The number of aliphatic hydroxyl groups is 8. The molecule has 1 aliphatic rings. The number of hydrogen-bond donors (Lipinski definition) is 9. The van der Waals surface area contributed by atoms with Crippen LogP contribution in [0.3, 0.4) is 0 Å². The maximum Gasteiger partial charge on any atom is 0.335 e. The van der Waals surface area contributed by atoms with Crippen molar-refractivity contribution >= 4 is 5.97 Å². The predicted molar refractivity (Wildman–Crippen MR) is 71.4 cm³/mol. The highest BCUT2D eigenvalue weighted by Crippen LogP contribution is 2.24. The molecule has 0 aliphatic carbocycles. The van der Waals surface area contributed by atoms with Gasteiger partial charge in [-0.3, -0.25) is 0 Å². The van der Waals surface area contributed by atoms with Gasteiger partial charge in [-0.2, -0.15) is 0 Å². The minimum atomic E-state index is -2.39. The number of hydrogen-bond acceptors (Lipinski definition) is 11. The van der Waals surface area contributed by atoms with Crippen molar-refractivity contribution in [3.8, 4) is 0 Å². The molecule has 0 radical (unpaired) electrons. The van der Waals surface area contributed by atoms with Crippen molar-refractivity contribution in [3.05, 3.63) is 0 Å². The third-order valence-corrected chi connectivity index (χ3v) is 3.62. The first-order chi connectivity index (χ1) is 11.1. The second-order valence-corrected chi connectivity index (χ2v) is 5.32. The summed E-state index contributed by atoms with van der Waals surface area (Å²) in [5, 5.41) is 84.5. The van der Waals surface area contributed by atoms with E-state index in [4.69, 9.17) is 24.8 Å². The van der Waals surface area contributed by atoms with Crippen molar-refractivity contribution in [1.29, 1.82) is 0 Å². The van der Waals surface area contributed by atoms with Crippen LogP contribution in [-0.2, 0) is 14.3 Å². The van der Waals surface area contributed by atoms with E-state index in [0.29, 0.717) is 0 Å². The van der Waals surface area contributed by atoms with Crippen LogP contribution in [0.25, 0.3) is 0 Å². The molecule has 0 aromatic heterocycles. The normalized spacial score (nSPS) is 35.9. The number of carbonyl (C=O) groups is 1. The van der Waals surface area contributed by atoms with Crippen LogP contribution in [0.2, 0.25) is 0 Å². The van der Waals surface area contributed by atoms with Gasteiger partial charge in [0.1, 0.15) is 42.7 Å². The molecule has 1 saturated heterocycles. The van der Waals surface area contributed by atoms with Gasteiger partial charge in [-0.05, 0) is 0 Å². The minimum Gasteiger partial charge on any atom is -0.479 e. The van der Waals surface area contributed by atoms with Crippen molar-refractivity contribution in [2.24, 2.45) is 0 Å². The summed E-state index contributed by atoms with van der Waals surface area (Å²) in [4.78, 5) is 10.7. The van der Waals surface area contributed by atoms with E-state index in [9.17, 15) is 35.4 Å². The van der Waals surface area contributed by atoms with Gasteiger partial charge in [0, 0.05) is 0 Å². The largest absolute Gasteiger partial charge is 0.479 e. The van der Waals surface area contributed by atoms with E-state index in [0.717, 1.165) is 0 Å². The molecule has 24 heavy (non-hydrogen) atoms. The summed E-state index contributed by atoms with van der Waals surface area (Å²) in [5.41, 5.74) is 0. The zero-order valence-corrected chi connectivity index (χ0v) is 12.4. The van der Waals surface area contributed by atoms with E-state index in [2.05, 4.69) is 0 Å². The lowest BCUT2D eigenvalue weighted by Gasteiger charge is -2.42. The first-order valence-corrected chi connectivity index (χ1v) is 6.99. The highest BCUT2D eigenvalue weighted by atomic mass is 16.7. The second-order valence-electron chi connectivity index (χ2n) is 5.32. The van der Waals surface area contributed by atoms with Crippen molar-refractivity contribution in [2.45, 2.75) is 55.1 Å². The molecule has 1 aliphatic heterocycles. The van der Waals surface area contributed by atoms with Gasteiger partial charge in [-0.25, -0.2) is 4.79 Å². The Bertz CT molecular complexity index is 403. The Morgan fingerprint density at radius 1 is 1.04 bits per heavy atom. The van der Waals surface area contributed by atoms with Gasteiger partial charge in [-0.1, -0.05) is 0 Å². The topological polar surface area (TPSA) is 218 Å². The molecule has 0 amide bonds. The smallest absolute Gasteiger partial charge is 0.335 e. The number of rotatable bonds is 8. The molecule has 9 atom stereocenters. The number of aliphatic carboxylic acids is 1. The van der Waals surface area contributed by atoms with E-state index in [1.165, 1.54) is 0 Å². The summed E-state index contributed by atoms with van der Waals surface area (Å²) >= 11 is 0. The molecule has 0 spiro atoms. The van der Waals surface area contributed by atoms with Gasteiger partial charge >= 0.3 is 5.97 Å². The van der Waals surface area contributed by atoms with Crippen LogP contribution >= 0.6 is 0 Å². The molecule has 12 heteroatoms. The molecule has 1 rings (SSSR count). The van der Waals surface area contributed by atoms with E-state index >= 15 is 0 Å². The maximum atomic E-state index is 10.7. The summed E-state index contributed by atoms with van der Waals surface area (Å²) in [7, 11) is 0. The Hall–Kier alpha value is -0.930. The van der Waals surface area contributed by atoms with Crippen molar-refractivity contribution in [3.63, 3.8) is 0 Å². The first-order valence-electron chi connectivity index (χ1n) is 6.99. The van der Waals surface area contributed by atoms with Crippen LogP contribution < -0.4 is 0 Å². The van der Waals surface area contributed by atoms with Crippen LogP contribution in [0.4, 0.5) is 0 Å². The standard InChI is InChI=1S/C12H22O12/c13-1-3(15)10(7(18)8(19)11(21)22)24-12-9(20)6(17)5(16)4(2-14)23-12/h3-10,12-20H,1-2H2,(H,21,22)/t3-,4?,5-,6+,7-,8-,9?,10-,12-/m1/s1. The SMILES string of the molecule is O=C(O)[C@H](O)[C@@H](O)[C@H](O[C@H]1OC(CO)[C@@H](O)[C@H](O)C1O)[C@H](O)CO. The fraction of sp³-hybridized carbons (Fsp3) is 0.917. The van der Waals surface area contributed by atoms with Gasteiger partial charge in [0.2, 0.25) is 0 Å². The van der Waals surface area contributed by atoms with Gasteiger partial charge in [0.15, 0.2) is 12.4 Å². The van der Waals surface area contributed by atoms with E-state index in [1.807, 2.05) is 0 Å². The van der Waals surface area contributed by atoms with Crippen LogP contribution in [0, 0.1) is 0 Å². The monoisotopic (exact) mass is 358 g/mol. The molecule has 0 bridgehead atoms. The Morgan fingerprint density at radius 3 is 2.08 bits per heavy atom. The van der Waals surface area contributed by atoms with Gasteiger partial charge in [-0.15, -0.1) is 0 Å². The summed E-state index contributed by atoms with van der Waals surface area (Å²) in [6.45, 7) is -1.76. The molecule has 142 valence electrons. The lowest BCUT2D eigenvalue weighted by Crippen LogP contribution is -2.61. The quantitative estimate of drug-likeness (QED) is 0.198. The fourth-order valence-corrected chi connectivity index (χ4v) is 2.16. The van der Waals surface area contributed by atoms with Crippen LogP contribution in [0.15, 0.2) is 0 Å². The summed E-state index contributed by atoms with van der Waals surface area (Å²) < 4.78 is 9.98. The average Bonchev–Trinajstić information content (AvgIpc) is 2.57. The third kappa shape index (κ3) is 4.58. The second kappa shape index (κ2) is 8.96. The van der Waals surface area contributed by atoms with E-state index < -0.39 is 74.3 Å². The lowest BCUT2D eigenvalue weighted by atomic mass is 9.98. The van der Waals surface area contributed by atoms with Gasteiger partial charge in [0.25, 0.3) is 0 Å². The zero-order chi connectivity index (χ0) is 18.6. The number of carboxylic acids is 1. The molecule has 9 N–H and O–H groups in total. The van der Waals surface area contributed by atoms with Gasteiger partial charge in [0.05, 0.1) is 13.2 Å². The summed E-state index contributed by atoms with van der Waals surface area (Å²) in [6, 6.07) is 0. The Labute approximate surface area is 135 Å².